The topological polar surface area (TPSA) is 62.0 Å². The smallest absolute Gasteiger partial charge is 0.271 e. The van der Waals surface area contributed by atoms with Crippen molar-refractivity contribution in [3.63, 3.8) is 0 Å². The van der Waals surface area contributed by atoms with Crippen molar-refractivity contribution in [3.05, 3.63) is 127 Å². The van der Waals surface area contributed by atoms with Gasteiger partial charge >= 0.3 is 0 Å². The molecule has 4 aromatic rings. The molecule has 0 bridgehead atoms. The van der Waals surface area contributed by atoms with E-state index in [0.29, 0.717) is 27.4 Å². The fourth-order valence-electron chi connectivity index (χ4n) is 5.33. The number of thiazole rings is 1. The highest BCUT2D eigenvalue weighted by Gasteiger charge is 2.32. The standard InChI is InChI=1S/C32H28N2O4S/c1-4-16-38-26-15-12-20(17-27(26)37-3)18-28-31(35)34-30(22-9-7-10-23(19-22)36-2)25-14-13-21-8-5-6-11-24(21)29(25)33-32(34)39-28/h4-12,15,17-19,30H,1,13-14,16H2,2-3H3/b28-18+. The molecule has 39 heavy (non-hydrogen) atoms. The van der Waals surface area contributed by atoms with Crippen LogP contribution in [-0.2, 0) is 6.42 Å². The Morgan fingerprint density at radius 3 is 2.72 bits per heavy atom. The summed E-state index contributed by atoms with van der Waals surface area (Å²) < 4.78 is 19.2. The first-order valence-corrected chi connectivity index (χ1v) is 13.6. The van der Waals surface area contributed by atoms with E-state index >= 15 is 0 Å². The first-order valence-electron chi connectivity index (χ1n) is 12.8. The minimum absolute atomic E-state index is 0.0667. The fraction of sp³-hybridized carbons (Fsp3) is 0.188. The number of ether oxygens (including phenoxy) is 3. The molecular formula is C32H28N2O4S. The highest BCUT2D eigenvalue weighted by atomic mass is 32.1. The number of benzene rings is 3. The molecule has 1 aliphatic carbocycles. The van der Waals surface area contributed by atoms with Gasteiger partial charge in [-0.25, -0.2) is 4.99 Å². The van der Waals surface area contributed by atoms with E-state index in [0.717, 1.165) is 46.6 Å². The lowest BCUT2D eigenvalue weighted by molar-refractivity contribution is 0.326. The van der Waals surface area contributed by atoms with Gasteiger partial charge in [-0.15, -0.1) is 0 Å². The number of fused-ring (bicyclic) bond motifs is 3. The zero-order valence-corrected chi connectivity index (χ0v) is 22.7. The summed E-state index contributed by atoms with van der Waals surface area (Å²) in [7, 11) is 3.26. The maximum absolute atomic E-state index is 14.0. The molecule has 0 saturated heterocycles. The Hall–Kier alpha value is -4.36. The molecule has 0 N–H and O–H groups in total. The van der Waals surface area contributed by atoms with Crippen LogP contribution in [0, 0.1) is 0 Å². The molecule has 6 nitrogen and oxygen atoms in total. The van der Waals surface area contributed by atoms with Crippen molar-refractivity contribution < 1.29 is 14.2 Å². The number of methoxy groups -OCH3 is 2. The van der Waals surface area contributed by atoms with Crippen LogP contribution in [0.25, 0.3) is 11.8 Å². The number of nitrogens with zero attached hydrogens (tertiary/aromatic N) is 2. The number of rotatable bonds is 7. The molecule has 1 unspecified atom stereocenters. The Morgan fingerprint density at radius 1 is 1.03 bits per heavy atom. The minimum Gasteiger partial charge on any atom is -0.497 e. The quantitative estimate of drug-likeness (QED) is 0.315. The second-order valence-electron chi connectivity index (χ2n) is 9.40. The van der Waals surface area contributed by atoms with Crippen molar-refractivity contribution in [2.75, 3.05) is 20.8 Å². The highest BCUT2D eigenvalue weighted by molar-refractivity contribution is 7.07. The second-order valence-corrected chi connectivity index (χ2v) is 10.4. The van der Waals surface area contributed by atoms with Crippen LogP contribution in [0.2, 0.25) is 0 Å². The Labute approximate surface area is 230 Å². The van der Waals surface area contributed by atoms with Crippen LogP contribution in [0.15, 0.2) is 94.7 Å². The third-order valence-electron chi connectivity index (χ3n) is 7.12. The molecule has 6 rings (SSSR count). The van der Waals surface area contributed by atoms with E-state index in [4.69, 9.17) is 19.2 Å². The van der Waals surface area contributed by atoms with Gasteiger partial charge in [-0.1, -0.05) is 66.5 Å². The first kappa shape index (κ1) is 24.9. The number of aryl methyl sites for hydroxylation is 1. The van der Waals surface area contributed by atoms with Crippen LogP contribution >= 0.6 is 11.3 Å². The van der Waals surface area contributed by atoms with Gasteiger partial charge < -0.3 is 14.2 Å². The largest absolute Gasteiger partial charge is 0.497 e. The van der Waals surface area contributed by atoms with Gasteiger partial charge in [0.25, 0.3) is 5.56 Å². The lowest BCUT2D eigenvalue weighted by Gasteiger charge is -2.31. The molecule has 196 valence electrons. The van der Waals surface area contributed by atoms with Crippen molar-refractivity contribution in [1.29, 1.82) is 0 Å². The summed E-state index contributed by atoms with van der Waals surface area (Å²) >= 11 is 1.40. The minimum atomic E-state index is -0.258. The highest BCUT2D eigenvalue weighted by Crippen LogP contribution is 2.41. The maximum Gasteiger partial charge on any atom is 0.271 e. The zero-order valence-electron chi connectivity index (χ0n) is 21.8. The maximum atomic E-state index is 14.0. The van der Waals surface area contributed by atoms with E-state index in [1.54, 1.807) is 20.3 Å². The van der Waals surface area contributed by atoms with Crippen LogP contribution in [0.1, 0.15) is 34.7 Å². The molecule has 3 aromatic carbocycles. The monoisotopic (exact) mass is 536 g/mol. The van der Waals surface area contributed by atoms with Gasteiger partial charge in [0.2, 0.25) is 0 Å². The molecular weight excluding hydrogens is 508 g/mol. The van der Waals surface area contributed by atoms with Gasteiger partial charge in [0.05, 0.1) is 30.5 Å². The fourth-order valence-corrected chi connectivity index (χ4v) is 6.33. The second kappa shape index (κ2) is 10.4. The Kier molecular flexibility index (Phi) is 6.67. The van der Waals surface area contributed by atoms with Crippen LogP contribution in [0.5, 0.6) is 17.2 Å². The van der Waals surface area contributed by atoms with E-state index in [1.165, 1.54) is 16.9 Å². The number of hydrogen-bond acceptors (Lipinski definition) is 6. The van der Waals surface area contributed by atoms with E-state index in [2.05, 4.69) is 36.9 Å². The predicted octanol–water partition coefficient (Wildman–Crippen LogP) is 4.90. The van der Waals surface area contributed by atoms with Gasteiger partial charge in [-0.2, -0.15) is 0 Å². The van der Waals surface area contributed by atoms with Crippen LogP contribution in [0.3, 0.4) is 0 Å². The average Bonchev–Trinajstić information content (AvgIpc) is 3.29. The molecule has 0 radical (unpaired) electrons. The Morgan fingerprint density at radius 2 is 1.90 bits per heavy atom. The predicted molar refractivity (Wildman–Crippen MR) is 154 cm³/mol. The average molecular weight is 537 g/mol. The van der Waals surface area contributed by atoms with Crippen molar-refractivity contribution in [2.24, 2.45) is 4.99 Å². The summed E-state index contributed by atoms with van der Waals surface area (Å²) in [4.78, 5) is 19.8. The molecule has 1 aliphatic heterocycles. The molecule has 2 aliphatic rings. The third kappa shape index (κ3) is 4.49. The number of hydrogen-bond donors (Lipinski definition) is 0. The molecule has 0 saturated carbocycles. The normalized spacial score (nSPS) is 16.1. The lowest BCUT2D eigenvalue weighted by atomic mass is 9.83. The number of aromatic nitrogens is 1. The van der Waals surface area contributed by atoms with Crippen LogP contribution in [-0.4, -0.2) is 25.4 Å². The van der Waals surface area contributed by atoms with Crippen LogP contribution < -0.4 is 29.1 Å². The first-order chi connectivity index (χ1) is 19.1. The Bertz CT molecular complexity index is 1800. The molecule has 0 spiro atoms. The van der Waals surface area contributed by atoms with Gasteiger partial charge in [0.1, 0.15) is 12.4 Å². The van der Waals surface area contributed by atoms with Gasteiger partial charge in [0, 0.05) is 5.56 Å². The summed E-state index contributed by atoms with van der Waals surface area (Å²) in [5.41, 5.74) is 6.35. The van der Waals surface area contributed by atoms with E-state index in [-0.39, 0.29) is 11.6 Å². The SMILES string of the molecule is C=CCOc1ccc(/C=c2/sc3n(c2=O)C(c2cccc(OC)c2)C2=C(N=3)c3ccccc3CC2)cc1OC. The van der Waals surface area contributed by atoms with E-state index in [1.807, 2.05) is 47.0 Å². The summed E-state index contributed by atoms with van der Waals surface area (Å²) in [6.07, 6.45) is 5.33. The summed E-state index contributed by atoms with van der Waals surface area (Å²) in [5.74, 6) is 1.98. The molecule has 1 aromatic heterocycles. The molecule has 0 amide bonds. The van der Waals surface area contributed by atoms with Gasteiger partial charge in [0.15, 0.2) is 16.3 Å². The molecule has 1 atom stereocenters. The number of allylic oxidation sites excluding steroid dienone is 1. The molecule has 7 heteroatoms. The van der Waals surface area contributed by atoms with Gasteiger partial charge in [-0.3, -0.25) is 9.36 Å². The third-order valence-corrected chi connectivity index (χ3v) is 8.11. The zero-order chi connectivity index (χ0) is 26.9. The molecule has 2 heterocycles. The summed E-state index contributed by atoms with van der Waals surface area (Å²) in [6, 6.07) is 21.8. The van der Waals surface area contributed by atoms with Crippen LogP contribution in [0.4, 0.5) is 0 Å². The van der Waals surface area contributed by atoms with Crippen molar-refractivity contribution in [3.8, 4) is 17.2 Å². The summed E-state index contributed by atoms with van der Waals surface area (Å²) in [6.45, 7) is 4.08. The van der Waals surface area contributed by atoms with Crippen molar-refractivity contribution in [1.82, 2.24) is 4.57 Å². The molecule has 0 fully saturated rings. The van der Waals surface area contributed by atoms with E-state index < -0.39 is 0 Å². The Balaban J connectivity index is 1.54. The lowest BCUT2D eigenvalue weighted by Crippen LogP contribution is -2.38. The van der Waals surface area contributed by atoms with Crippen molar-refractivity contribution >= 4 is 23.1 Å². The van der Waals surface area contributed by atoms with Gasteiger partial charge in [-0.05, 0) is 65.4 Å². The van der Waals surface area contributed by atoms with E-state index in [9.17, 15) is 4.79 Å². The van der Waals surface area contributed by atoms with Crippen molar-refractivity contribution in [2.45, 2.75) is 18.9 Å². The summed E-state index contributed by atoms with van der Waals surface area (Å²) in [5, 5.41) is 0.